The molecule has 1 aromatic heterocycles. The molecule has 1 aromatic rings. The summed E-state index contributed by atoms with van der Waals surface area (Å²) < 4.78 is 6.09. The van der Waals surface area contributed by atoms with E-state index in [4.69, 9.17) is 4.74 Å². The van der Waals surface area contributed by atoms with Crippen molar-refractivity contribution in [3.8, 4) is 0 Å². The van der Waals surface area contributed by atoms with Gasteiger partial charge in [-0.1, -0.05) is 0 Å². The highest BCUT2D eigenvalue weighted by Crippen LogP contribution is 2.26. The minimum Gasteiger partial charge on any atom is -0.385 e. The largest absolute Gasteiger partial charge is 0.385 e. The van der Waals surface area contributed by atoms with Crippen LogP contribution in [0.1, 0.15) is 23.0 Å². The molecule has 0 saturated carbocycles. The first-order valence-corrected chi connectivity index (χ1v) is 7.05. The van der Waals surface area contributed by atoms with E-state index >= 15 is 0 Å². The van der Waals surface area contributed by atoms with Crippen molar-refractivity contribution >= 4 is 33.2 Å². The Morgan fingerprint density at radius 1 is 1.82 bits per heavy atom. The first kappa shape index (κ1) is 13.0. The number of hydrogen-bond acceptors (Lipinski definition) is 4. The normalized spacial score (nSPS) is 28.3. The van der Waals surface area contributed by atoms with Crippen LogP contribution in [0.25, 0.3) is 0 Å². The van der Waals surface area contributed by atoms with Crippen molar-refractivity contribution in [1.82, 2.24) is 5.32 Å². The standard InChI is InChI=1S/C11H14BrNO3S/c1-7-11(15,3-4-16-7)6-13-10(14)9-8(12)2-5-17-9/h2,5,7,15H,3-4,6H2,1H3,(H,13,14). The smallest absolute Gasteiger partial charge is 0.262 e. The van der Waals surface area contributed by atoms with Gasteiger partial charge in [0, 0.05) is 24.0 Å². The van der Waals surface area contributed by atoms with Crippen molar-refractivity contribution in [2.24, 2.45) is 0 Å². The molecule has 1 aliphatic heterocycles. The summed E-state index contributed by atoms with van der Waals surface area (Å²) in [6.45, 7) is 2.58. The minimum atomic E-state index is -0.945. The van der Waals surface area contributed by atoms with Gasteiger partial charge in [0.15, 0.2) is 0 Å². The quantitative estimate of drug-likeness (QED) is 0.892. The number of rotatable bonds is 3. The van der Waals surface area contributed by atoms with Crippen molar-refractivity contribution in [2.45, 2.75) is 25.0 Å². The molecule has 2 rings (SSSR count). The summed E-state index contributed by atoms with van der Waals surface area (Å²) in [7, 11) is 0. The second kappa shape index (κ2) is 5.06. The molecular formula is C11H14BrNO3S. The van der Waals surface area contributed by atoms with Gasteiger partial charge in [-0.05, 0) is 34.3 Å². The van der Waals surface area contributed by atoms with Crippen LogP contribution in [-0.2, 0) is 4.74 Å². The van der Waals surface area contributed by atoms with E-state index < -0.39 is 5.60 Å². The molecule has 0 bridgehead atoms. The Hall–Kier alpha value is -0.430. The summed E-state index contributed by atoms with van der Waals surface area (Å²) in [5.74, 6) is -0.167. The van der Waals surface area contributed by atoms with Crippen LogP contribution in [0.2, 0.25) is 0 Å². The fraction of sp³-hybridized carbons (Fsp3) is 0.545. The van der Waals surface area contributed by atoms with Crippen LogP contribution in [0, 0.1) is 0 Å². The van der Waals surface area contributed by atoms with E-state index in [0.29, 0.717) is 17.9 Å². The zero-order valence-electron chi connectivity index (χ0n) is 9.40. The molecule has 1 aliphatic rings. The van der Waals surface area contributed by atoms with Gasteiger partial charge in [-0.15, -0.1) is 11.3 Å². The Morgan fingerprint density at radius 3 is 3.12 bits per heavy atom. The van der Waals surface area contributed by atoms with E-state index in [1.54, 1.807) is 0 Å². The Bertz CT molecular complexity index is 423. The van der Waals surface area contributed by atoms with Gasteiger partial charge in [-0.3, -0.25) is 4.79 Å². The van der Waals surface area contributed by atoms with Crippen molar-refractivity contribution in [2.75, 3.05) is 13.2 Å². The molecule has 1 amide bonds. The number of thiophene rings is 1. The highest BCUT2D eigenvalue weighted by Gasteiger charge is 2.39. The maximum atomic E-state index is 11.8. The lowest BCUT2D eigenvalue weighted by Crippen LogP contribution is -2.47. The number of amides is 1. The van der Waals surface area contributed by atoms with Crippen molar-refractivity contribution in [3.63, 3.8) is 0 Å². The third-order valence-corrected chi connectivity index (χ3v) is 4.87. The minimum absolute atomic E-state index is 0.167. The molecule has 0 spiro atoms. The van der Waals surface area contributed by atoms with Gasteiger partial charge in [0.1, 0.15) is 10.5 Å². The van der Waals surface area contributed by atoms with Crippen LogP contribution in [0.4, 0.5) is 0 Å². The highest BCUT2D eigenvalue weighted by molar-refractivity contribution is 9.10. The second-order valence-electron chi connectivity index (χ2n) is 4.15. The third-order valence-electron chi connectivity index (χ3n) is 3.04. The van der Waals surface area contributed by atoms with Crippen LogP contribution < -0.4 is 5.32 Å². The number of halogens is 1. The first-order chi connectivity index (χ1) is 8.03. The Labute approximate surface area is 112 Å². The fourth-order valence-electron chi connectivity index (χ4n) is 1.77. The Morgan fingerprint density at radius 2 is 2.59 bits per heavy atom. The van der Waals surface area contributed by atoms with Gasteiger partial charge in [-0.25, -0.2) is 0 Å². The monoisotopic (exact) mass is 319 g/mol. The predicted octanol–water partition coefficient (Wildman–Crippen LogP) is 1.78. The average molecular weight is 320 g/mol. The summed E-state index contributed by atoms with van der Waals surface area (Å²) in [5.41, 5.74) is -0.945. The van der Waals surface area contributed by atoms with Crippen molar-refractivity contribution < 1.29 is 14.6 Å². The summed E-state index contributed by atoms with van der Waals surface area (Å²) in [6, 6.07) is 1.83. The van der Waals surface area contributed by atoms with E-state index in [-0.39, 0.29) is 18.6 Å². The van der Waals surface area contributed by atoms with Crippen LogP contribution in [-0.4, -0.2) is 35.9 Å². The van der Waals surface area contributed by atoms with Crippen LogP contribution in [0.5, 0.6) is 0 Å². The van der Waals surface area contributed by atoms with Crippen molar-refractivity contribution in [1.29, 1.82) is 0 Å². The average Bonchev–Trinajstić information content (AvgIpc) is 2.84. The molecule has 2 atom stereocenters. The first-order valence-electron chi connectivity index (χ1n) is 5.38. The van der Waals surface area contributed by atoms with E-state index in [1.165, 1.54) is 11.3 Å². The maximum Gasteiger partial charge on any atom is 0.262 e. The van der Waals surface area contributed by atoms with E-state index in [9.17, 15) is 9.90 Å². The van der Waals surface area contributed by atoms with Crippen LogP contribution in [0.3, 0.4) is 0 Å². The molecular weight excluding hydrogens is 306 g/mol. The third kappa shape index (κ3) is 2.70. The molecule has 0 aliphatic carbocycles. The number of ether oxygens (including phenoxy) is 1. The molecule has 1 saturated heterocycles. The molecule has 17 heavy (non-hydrogen) atoms. The number of carbonyl (C=O) groups excluding carboxylic acids is 1. The summed E-state index contributed by atoms with van der Waals surface area (Å²) in [5, 5.41) is 14.8. The Kier molecular flexibility index (Phi) is 3.87. The van der Waals surface area contributed by atoms with E-state index in [1.807, 2.05) is 18.4 Å². The zero-order valence-corrected chi connectivity index (χ0v) is 11.8. The lowest BCUT2D eigenvalue weighted by molar-refractivity contribution is -0.0251. The molecule has 2 N–H and O–H groups in total. The fourth-order valence-corrected chi connectivity index (χ4v) is 3.24. The molecule has 6 heteroatoms. The van der Waals surface area contributed by atoms with Crippen molar-refractivity contribution in [3.05, 3.63) is 20.8 Å². The maximum absolute atomic E-state index is 11.8. The lowest BCUT2D eigenvalue weighted by atomic mass is 9.97. The van der Waals surface area contributed by atoms with Gasteiger partial charge < -0.3 is 15.2 Å². The topological polar surface area (TPSA) is 58.6 Å². The lowest BCUT2D eigenvalue weighted by Gasteiger charge is -2.25. The number of aliphatic hydroxyl groups is 1. The summed E-state index contributed by atoms with van der Waals surface area (Å²) in [6.07, 6.45) is 0.314. The number of hydrogen-bond donors (Lipinski definition) is 2. The molecule has 2 heterocycles. The van der Waals surface area contributed by atoms with Gasteiger partial charge in [0.05, 0.1) is 6.10 Å². The Balaban J connectivity index is 1.95. The molecule has 94 valence electrons. The van der Waals surface area contributed by atoms with Gasteiger partial charge in [-0.2, -0.15) is 0 Å². The van der Waals surface area contributed by atoms with Gasteiger partial charge in [0.25, 0.3) is 5.91 Å². The summed E-state index contributed by atoms with van der Waals surface area (Å²) >= 11 is 4.68. The molecule has 1 fully saturated rings. The van der Waals surface area contributed by atoms with Crippen LogP contribution >= 0.6 is 27.3 Å². The molecule has 4 nitrogen and oxygen atoms in total. The highest BCUT2D eigenvalue weighted by atomic mass is 79.9. The van der Waals surface area contributed by atoms with Crippen LogP contribution in [0.15, 0.2) is 15.9 Å². The van der Waals surface area contributed by atoms with Gasteiger partial charge >= 0.3 is 0 Å². The van der Waals surface area contributed by atoms with Gasteiger partial charge in [0.2, 0.25) is 0 Å². The molecule has 0 radical (unpaired) electrons. The zero-order chi connectivity index (χ0) is 12.5. The number of nitrogens with one attached hydrogen (secondary N) is 1. The molecule has 2 unspecified atom stereocenters. The number of carbonyl (C=O) groups is 1. The summed E-state index contributed by atoms with van der Waals surface area (Å²) in [4.78, 5) is 12.5. The SMILES string of the molecule is CC1OCCC1(O)CNC(=O)c1sccc1Br. The van der Waals surface area contributed by atoms with E-state index in [2.05, 4.69) is 21.2 Å². The van der Waals surface area contributed by atoms with E-state index in [0.717, 1.165) is 4.47 Å². The molecule has 0 aromatic carbocycles. The second-order valence-corrected chi connectivity index (χ2v) is 5.92. The predicted molar refractivity (Wildman–Crippen MR) is 69.3 cm³/mol.